The van der Waals surface area contributed by atoms with Gasteiger partial charge in [0.2, 0.25) is 0 Å². The van der Waals surface area contributed by atoms with Crippen molar-refractivity contribution in [3.8, 4) is 0 Å². The van der Waals surface area contributed by atoms with E-state index >= 15 is 0 Å². The minimum atomic E-state index is -0.561. The van der Waals surface area contributed by atoms with E-state index in [-0.39, 0.29) is 18.5 Å². The van der Waals surface area contributed by atoms with Gasteiger partial charge in [-0.15, -0.1) is 0 Å². The third-order valence-corrected chi connectivity index (χ3v) is 3.50. The zero-order valence-corrected chi connectivity index (χ0v) is 13.1. The summed E-state index contributed by atoms with van der Waals surface area (Å²) < 4.78 is 4.79. The molecule has 0 saturated heterocycles. The van der Waals surface area contributed by atoms with Gasteiger partial charge in [0.25, 0.3) is 0 Å². The number of aliphatic hydroxyl groups excluding tert-OH is 2. The molecule has 2 unspecified atom stereocenters. The van der Waals surface area contributed by atoms with Crippen molar-refractivity contribution in [2.75, 3.05) is 6.61 Å². The highest BCUT2D eigenvalue weighted by atomic mass is 16.5. The van der Waals surface area contributed by atoms with Crippen molar-refractivity contribution in [1.82, 2.24) is 0 Å². The average Bonchev–Trinajstić information content (AvgIpc) is 2.41. The van der Waals surface area contributed by atoms with Crippen LogP contribution in [0.15, 0.2) is 0 Å². The molecule has 0 aromatic rings. The van der Waals surface area contributed by atoms with E-state index in [1.807, 2.05) is 6.92 Å². The van der Waals surface area contributed by atoms with E-state index in [1.165, 1.54) is 12.8 Å². The minimum absolute atomic E-state index is 0.114. The lowest BCUT2D eigenvalue weighted by Crippen LogP contribution is -2.15. The molecule has 0 bridgehead atoms. The van der Waals surface area contributed by atoms with Crippen LogP contribution in [0.3, 0.4) is 0 Å². The third kappa shape index (κ3) is 12.4. The number of ether oxygens (including phenoxy) is 1. The summed E-state index contributed by atoms with van der Waals surface area (Å²) in [5.74, 6) is -0.311. The lowest BCUT2D eigenvalue weighted by Gasteiger charge is -2.09. The van der Waals surface area contributed by atoms with E-state index < -0.39 is 6.10 Å². The van der Waals surface area contributed by atoms with Crippen LogP contribution >= 0.6 is 0 Å². The highest BCUT2D eigenvalue weighted by Crippen LogP contribution is 2.12. The summed E-state index contributed by atoms with van der Waals surface area (Å²) in [6.07, 6.45) is 8.51. The first-order chi connectivity index (χ1) is 9.60. The minimum Gasteiger partial charge on any atom is -0.466 e. The molecule has 0 rings (SSSR count). The Kier molecular flexibility index (Phi) is 13.0. The standard InChI is InChI=1S/C16H32O4/c1-3-14(17)11-9-7-5-6-8-10-12-15(18)13-16(19)20-4-2/h14-15,17-18H,3-13H2,1-2H3. The molecule has 0 amide bonds. The summed E-state index contributed by atoms with van der Waals surface area (Å²) in [7, 11) is 0. The highest BCUT2D eigenvalue weighted by molar-refractivity contribution is 5.69. The van der Waals surface area contributed by atoms with Crippen LogP contribution in [0.4, 0.5) is 0 Å². The van der Waals surface area contributed by atoms with Gasteiger partial charge < -0.3 is 14.9 Å². The van der Waals surface area contributed by atoms with Gasteiger partial charge in [-0.05, 0) is 26.2 Å². The molecule has 2 N–H and O–H groups in total. The Morgan fingerprint density at radius 2 is 1.40 bits per heavy atom. The smallest absolute Gasteiger partial charge is 0.308 e. The molecule has 0 radical (unpaired) electrons. The van der Waals surface area contributed by atoms with E-state index in [4.69, 9.17) is 4.74 Å². The topological polar surface area (TPSA) is 66.8 Å². The molecule has 2 atom stereocenters. The summed E-state index contributed by atoms with van der Waals surface area (Å²) in [5.41, 5.74) is 0. The van der Waals surface area contributed by atoms with E-state index in [2.05, 4.69) is 0 Å². The summed E-state index contributed by atoms with van der Waals surface area (Å²) in [6, 6.07) is 0. The molecular weight excluding hydrogens is 256 g/mol. The van der Waals surface area contributed by atoms with Crippen LogP contribution in [0.2, 0.25) is 0 Å². The molecule has 0 aliphatic heterocycles. The fourth-order valence-electron chi connectivity index (χ4n) is 2.19. The lowest BCUT2D eigenvalue weighted by molar-refractivity contribution is -0.145. The summed E-state index contributed by atoms with van der Waals surface area (Å²) in [6.45, 7) is 4.15. The molecule has 0 spiro atoms. The summed E-state index contributed by atoms with van der Waals surface area (Å²) >= 11 is 0. The Morgan fingerprint density at radius 1 is 0.900 bits per heavy atom. The lowest BCUT2D eigenvalue weighted by atomic mass is 10.0. The van der Waals surface area contributed by atoms with Crippen molar-refractivity contribution in [3.05, 3.63) is 0 Å². The Morgan fingerprint density at radius 3 is 1.90 bits per heavy atom. The van der Waals surface area contributed by atoms with Gasteiger partial charge in [-0.2, -0.15) is 0 Å². The zero-order chi connectivity index (χ0) is 15.2. The van der Waals surface area contributed by atoms with Gasteiger partial charge in [0.05, 0.1) is 25.2 Å². The van der Waals surface area contributed by atoms with Gasteiger partial charge in [-0.3, -0.25) is 4.79 Å². The second-order valence-electron chi connectivity index (χ2n) is 5.42. The van der Waals surface area contributed by atoms with Gasteiger partial charge >= 0.3 is 5.97 Å². The molecule has 0 aromatic carbocycles. The van der Waals surface area contributed by atoms with E-state index in [0.717, 1.165) is 38.5 Å². The van der Waals surface area contributed by atoms with Crippen molar-refractivity contribution in [1.29, 1.82) is 0 Å². The number of carbonyl (C=O) groups is 1. The molecule has 0 heterocycles. The van der Waals surface area contributed by atoms with Crippen molar-refractivity contribution in [3.63, 3.8) is 0 Å². The summed E-state index contributed by atoms with van der Waals surface area (Å²) in [4.78, 5) is 11.1. The number of carbonyl (C=O) groups excluding carboxylic acids is 1. The predicted octanol–water partition coefficient (Wildman–Crippen LogP) is 3.19. The Hall–Kier alpha value is -0.610. The van der Waals surface area contributed by atoms with Crippen LogP contribution in [-0.2, 0) is 9.53 Å². The molecule has 4 heteroatoms. The van der Waals surface area contributed by atoms with Gasteiger partial charge in [0.15, 0.2) is 0 Å². The maximum atomic E-state index is 11.1. The molecule has 0 fully saturated rings. The van der Waals surface area contributed by atoms with Crippen molar-refractivity contribution in [2.24, 2.45) is 0 Å². The number of hydrogen-bond donors (Lipinski definition) is 2. The number of unbranched alkanes of at least 4 members (excludes halogenated alkanes) is 5. The first-order valence-electron chi connectivity index (χ1n) is 8.11. The SMILES string of the molecule is CCOC(=O)CC(O)CCCCCCCCC(O)CC. The number of esters is 1. The number of hydrogen-bond acceptors (Lipinski definition) is 4. The molecule has 120 valence electrons. The maximum absolute atomic E-state index is 11.1. The fourth-order valence-corrected chi connectivity index (χ4v) is 2.19. The van der Waals surface area contributed by atoms with Crippen LogP contribution < -0.4 is 0 Å². The normalized spacial score (nSPS) is 14.0. The number of rotatable bonds is 13. The fraction of sp³-hybridized carbons (Fsp3) is 0.938. The van der Waals surface area contributed by atoms with Gasteiger partial charge in [-0.1, -0.05) is 45.4 Å². The van der Waals surface area contributed by atoms with Crippen molar-refractivity contribution in [2.45, 2.75) is 90.3 Å². The van der Waals surface area contributed by atoms with Crippen molar-refractivity contribution >= 4 is 5.97 Å². The van der Waals surface area contributed by atoms with Crippen LogP contribution in [-0.4, -0.2) is 35.0 Å². The third-order valence-electron chi connectivity index (χ3n) is 3.50. The molecule has 0 aliphatic carbocycles. The second kappa shape index (κ2) is 13.4. The van der Waals surface area contributed by atoms with Crippen LogP contribution in [0.5, 0.6) is 0 Å². The quantitative estimate of drug-likeness (QED) is 0.403. The molecule has 4 nitrogen and oxygen atoms in total. The van der Waals surface area contributed by atoms with Crippen LogP contribution in [0.1, 0.15) is 78.1 Å². The first-order valence-corrected chi connectivity index (χ1v) is 8.11. The predicted molar refractivity (Wildman–Crippen MR) is 80.5 cm³/mol. The van der Waals surface area contributed by atoms with Gasteiger partial charge in [0, 0.05) is 0 Å². The number of aliphatic hydroxyl groups is 2. The van der Waals surface area contributed by atoms with Gasteiger partial charge in [0.1, 0.15) is 0 Å². The Labute approximate surface area is 123 Å². The Balaban J connectivity index is 3.29. The van der Waals surface area contributed by atoms with E-state index in [1.54, 1.807) is 6.92 Å². The monoisotopic (exact) mass is 288 g/mol. The van der Waals surface area contributed by atoms with Crippen molar-refractivity contribution < 1.29 is 19.7 Å². The zero-order valence-electron chi connectivity index (χ0n) is 13.1. The largest absolute Gasteiger partial charge is 0.466 e. The average molecular weight is 288 g/mol. The van der Waals surface area contributed by atoms with Gasteiger partial charge in [-0.25, -0.2) is 0 Å². The molecule has 0 aliphatic rings. The van der Waals surface area contributed by atoms with E-state index in [0.29, 0.717) is 13.0 Å². The maximum Gasteiger partial charge on any atom is 0.308 e. The molecule has 0 saturated carbocycles. The summed E-state index contributed by atoms with van der Waals surface area (Å²) in [5, 5.41) is 19.1. The molecule has 0 aromatic heterocycles. The molecule has 20 heavy (non-hydrogen) atoms. The van der Waals surface area contributed by atoms with Crippen LogP contribution in [0, 0.1) is 0 Å². The molecular formula is C16H32O4. The Bertz CT molecular complexity index is 231. The first kappa shape index (κ1) is 19.4. The van der Waals surface area contributed by atoms with Crippen LogP contribution in [0.25, 0.3) is 0 Å². The second-order valence-corrected chi connectivity index (χ2v) is 5.42. The highest BCUT2D eigenvalue weighted by Gasteiger charge is 2.10. The van der Waals surface area contributed by atoms with E-state index in [9.17, 15) is 15.0 Å².